The van der Waals surface area contributed by atoms with Gasteiger partial charge in [-0.3, -0.25) is 24.1 Å². The molecule has 0 unspecified atom stereocenters. The maximum absolute atomic E-state index is 12.4. The summed E-state index contributed by atoms with van der Waals surface area (Å²) in [6, 6.07) is 6.41. The van der Waals surface area contributed by atoms with Crippen LogP contribution in [0.4, 0.5) is 11.4 Å². The second-order valence-electron chi connectivity index (χ2n) is 6.81. The molecule has 2 N–H and O–H groups in total. The summed E-state index contributed by atoms with van der Waals surface area (Å²) in [5.74, 6) is -0.632. The molecule has 1 aromatic carbocycles. The number of rotatable bonds is 4. The summed E-state index contributed by atoms with van der Waals surface area (Å²) in [6.45, 7) is 2.89. The van der Waals surface area contributed by atoms with Gasteiger partial charge in [-0.1, -0.05) is 12.1 Å². The number of nitrogens with zero attached hydrogens (tertiary/aromatic N) is 3. The van der Waals surface area contributed by atoms with Crippen molar-refractivity contribution in [2.75, 3.05) is 50.4 Å². The van der Waals surface area contributed by atoms with E-state index < -0.39 is 6.04 Å². The Labute approximate surface area is 157 Å². The van der Waals surface area contributed by atoms with E-state index in [0.717, 1.165) is 0 Å². The van der Waals surface area contributed by atoms with Gasteiger partial charge in [0.25, 0.3) is 0 Å². The quantitative estimate of drug-likeness (QED) is 0.746. The predicted molar refractivity (Wildman–Crippen MR) is 99.0 cm³/mol. The highest BCUT2D eigenvalue weighted by molar-refractivity contribution is 5.99. The van der Waals surface area contributed by atoms with E-state index in [4.69, 9.17) is 0 Å². The molecule has 0 saturated carbocycles. The minimum atomic E-state index is -0.538. The van der Waals surface area contributed by atoms with Gasteiger partial charge in [0, 0.05) is 33.6 Å². The molecule has 2 heterocycles. The molecule has 0 bridgehead atoms. The smallest absolute Gasteiger partial charge is 0.246 e. The minimum Gasteiger partial charge on any atom is -0.335 e. The summed E-state index contributed by atoms with van der Waals surface area (Å²) in [5.41, 5.74) is 1.04. The Kier molecular flexibility index (Phi) is 5.41. The van der Waals surface area contributed by atoms with Gasteiger partial charge in [0.1, 0.15) is 6.04 Å². The Bertz CT molecular complexity index is 781. The van der Waals surface area contributed by atoms with Crippen molar-refractivity contribution in [3.8, 4) is 0 Å². The Morgan fingerprint density at radius 2 is 1.78 bits per heavy atom. The topological polar surface area (TPSA) is 102 Å². The fourth-order valence-electron chi connectivity index (χ4n) is 3.40. The Hall–Kier alpha value is -2.94. The van der Waals surface area contributed by atoms with Crippen LogP contribution in [0.5, 0.6) is 0 Å². The van der Waals surface area contributed by atoms with Gasteiger partial charge in [-0.15, -0.1) is 0 Å². The number of amides is 4. The van der Waals surface area contributed by atoms with Crippen molar-refractivity contribution in [3.63, 3.8) is 0 Å². The van der Waals surface area contributed by atoms with Crippen LogP contribution in [0.2, 0.25) is 0 Å². The van der Waals surface area contributed by atoms with Gasteiger partial charge in [-0.2, -0.15) is 0 Å². The second-order valence-corrected chi connectivity index (χ2v) is 6.81. The number of hydrogen-bond donors (Lipinski definition) is 2. The van der Waals surface area contributed by atoms with E-state index in [1.807, 2.05) is 4.90 Å². The third-order valence-electron chi connectivity index (χ3n) is 4.70. The van der Waals surface area contributed by atoms with Gasteiger partial charge in [-0.05, 0) is 12.1 Å². The van der Waals surface area contributed by atoms with Gasteiger partial charge in [-0.25, -0.2) is 0 Å². The van der Waals surface area contributed by atoms with Crippen molar-refractivity contribution in [3.05, 3.63) is 24.3 Å². The predicted octanol–water partition coefficient (Wildman–Crippen LogP) is -0.432. The average molecular weight is 373 g/mol. The number of likely N-dealkylation sites (N-methyl/N-ethyl adjacent to an activating group) is 1. The second kappa shape index (κ2) is 7.75. The molecule has 9 heteroatoms. The van der Waals surface area contributed by atoms with Crippen LogP contribution in [0.1, 0.15) is 6.92 Å². The molecule has 0 aromatic heterocycles. The molecule has 3 rings (SSSR count). The molecule has 1 atom stereocenters. The molecule has 0 spiro atoms. The summed E-state index contributed by atoms with van der Waals surface area (Å²) in [7, 11) is 1.61. The molecule has 0 radical (unpaired) electrons. The van der Waals surface area contributed by atoms with Crippen LogP contribution in [-0.4, -0.2) is 84.1 Å². The Balaban J connectivity index is 1.62. The molecule has 9 nitrogen and oxygen atoms in total. The van der Waals surface area contributed by atoms with Crippen molar-refractivity contribution < 1.29 is 19.2 Å². The highest BCUT2D eigenvalue weighted by Gasteiger charge is 2.41. The minimum absolute atomic E-state index is 0.0598. The first kappa shape index (κ1) is 18.8. The number of hydrogen-bond acceptors (Lipinski definition) is 5. The van der Waals surface area contributed by atoms with E-state index in [1.54, 1.807) is 36.2 Å². The number of nitrogens with one attached hydrogen (secondary N) is 2. The van der Waals surface area contributed by atoms with Gasteiger partial charge in [0.15, 0.2) is 0 Å². The molecule has 2 fully saturated rings. The third kappa shape index (κ3) is 4.25. The lowest BCUT2D eigenvalue weighted by Crippen LogP contribution is -2.66. The van der Waals surface area contributed by atoms with Crippen molar-refractivity contribution in [2.24, 2.45) is 0 Å². The van der Waals surface area contributed by atoms with Gasteiger partial charge in [0.05, 0.1) is 24.5 Å². The molecule has 27 heavy (non-hydrogen) atoms. The number of benzene rings is 1. The molecule has 2 aliphatic rings. The fraction of sp³-hybridized carbons (Fsp3) is 0.444. The Morgan fingerprint density at radius 3 is 2.44 bits per heavy atom. The summed E-state index contributed by atoms with van der Waals surface area (Å²) in [5, 5.41) is 5.47. The van der Waals surface area contributed by atoms with Gasteiger partial charge < -0.3 is 20.4 Å². The third-order valence-corrected chi connectivity index (χ3v) is 4.70. The standard InChI is InChI=1S/C18H23N5O4/c1-12(24)19-13-5-3-4-6-14(13)20-16(25)10-22-7-8-23-15(9-22)18(27)21(2)11-17(23)26/h3-6,15H,7-11H2,1-2H3,(H,19,24)(H,20,25)/t15-/m0/s1. The molecule has 144 valence electrons. The van der Waals surface area contributed by atoms with E-state index in [2.05, 4.69) is 10.6 Å². The number of carbonyl (C=O) groups excluding carboxylic acids is 4. The lowest BCUT2D eigenvalue weighted by Gasteiger charge is -2.45. The maximum Gasteiger partial charge on any atom is 0.246 e. The zero-order valence-corrected chi connectivity index (χ0v) is 15.4. The molecule has 2 saturated heterocycles. The first-order valence-electron chi connectivity index (χ1n) is 8.78. The zero-order chi connectivity index (χ0) is 19.6. The number of fused-ring (bicyclic) bond motifs is 1. The van der Waals surface area contributed by atoms with E-state index in [1.165, 1.54) is 11.8 Å². The van der Waals surface area contributed by atoms with Gasteiger partial charge >= 0.3 is 0 Å². The first-order valence-corrected chi connectivity index (χ1v) is 8.78. The number of piperazine rings is 2. The van der Waals surface area contributed by atoms with E-state index in [0.29, 0.717) is 31.0 Å². The highest BCUT2D eigenvalue weighted by Crippen LogP contribution is 2.21. The lowest BCUT2D eigenvalue weighted by atomic mass is 10.1. The molecule has 4 amide bonds. The lowest BCUT2D eigenvalue weighted by molar-refractivity contribution is -0.158. The van der Waals surface area contributed by atoms with Crippen molar-refractivity contribution in [2.45, 2.75) is 13.0 Å². The number of carbonyl (C=O) groups is 4. The first-order chi connectivity index (χ1) is 12.8. The van der Waals surface area contributed by atoms with Crippen LogP contribution in [0.3, 0.4) is 0 Å². The highest BCUT2D eigenvalue weighted by atomic mass is 16.2. The largest absolute Gasteiger partial charge is 0.335 e. The van der Waals surface area contributed by atoms with Crippen LogP contribution in [-0.2, 0) is 19.2 Å². The molecular weight excluding hydrogens is 350 g/mol. The van der Waals surface area contributed by atoms with Gasteiger partial charge in [0.2, 0.25) is 23.6 Å². The zero-order valence-electron chi connectivity index (χ0n) is 15.4. The maximum atomic E-state index is 12.4. The molecule has 1 aromatic rings. The van der Waals surface area contributed by atoms with Crippen LogP contribution in [0, 0.1) is 0 Å². The van der Waals surface area contributed by atoms with Crippen LogP contribution in [0.15, 0.2) is 24.3 Å². The fourth-order valence-corrected chi connectivity index (χ4v) is 3.40. The number of anilines is 2. The van der Waals surface area contributed by atoms with Crippen LogP contribution in [0.25, 0.3) is 0 Å². The molecule has 2 aliphatic heterocycles. The monoisotopic (exact) mass is 373 g/mol. The van der Waals surface area contributed by atoms with Crippen molar-refractivity contribution >= 4 is 35.0 Å². The average Bonchev–Trinajstić information content (AvgIpc) is 2.61. The van der Waals surface area contributed by atoms with E-state index in [-0.39, 0.29) is 36.7 Å². The molecule has 0 aliphatic carbocycles. The van der Waals surface area contributed by atoms with Crippen molar-refractivity contribution in [1.29, 1.82) is 0 Å². The SMILES string of the molecule is CC(=O)Nc1ccccc1NC(=O)CN1CCN2C(=O)CN(C)C(=O)[C@@H]2C1. The normalized spacial score (nSPS) is 20.3. The summed E-state index contributed by atoms with van der Waals surface area (Å²) >= 11 is 0. The molecular formula is C18H23N5O4. The van der Waals surface area contributed by atoms with Crippen molar-refractivity contribution in [1.82, 2.24) is 14.7 Å². The summed E-state index contributed by atoms with van der Waals surface area (Å²) in [4.78, 5) is 53.0. The Morgan fingerprint density at radius 1 is 1.11 bits per heavy atom. The summed E-state index contributed by atoms with van der Waals surface area (Å²) in [6.07, 6.45) is 0. The van der Waals surface area contributed by atoms with E-state index >= 15 is 0 Å². The van der Waals surface area contributed by atoms with E-state index in [9.17, 15) is 19.2 Å². The van der Waals surface area contributed by atoms with Crippen LogP contribution < -0.4 is 10.6 Å². The van der Waals surface area contributed by atoms with Crippen LogP contribution >= 0.6 is 0 Å². The number of para-hydroxylation sites is 2. The summed E-state index contributed by atoms with van der Waals surface area (Å²) < 4.78 is 0.